The summed E-state index contributed by atoms with van der Waals surface area (Å²) in [5, 5.41) is 8.72. The highest BCUT2D eigenvalue weighted by Gasteiger charge is 2.41. The molecule has 2 atom stereocenters. The molecule has 1 N–H and O–H groups in total. The van der Waals surface area contributed by atoms with Crippen LogP contribution in [0.2, 0.25) is 0 Å². The summed E-state index contributed by atoms with van der Waals surface area (Å²) in [6.07, 6.45) is 3.47. The predicted octanol–water partition coefficient (Wildman–Crippen LogP) is 3.28. The number of methoxy groups -OCH3 is 1. The number of nitrogens with one attached hydrogen (secondary N) is 1. The lowest BCUT2D eigenvalue weighted by atomic mass is 9.81. The van der Waals surface area contributed by atoms with Crippen molar-refractivity contribution >= 4 is 23.5 Å². The minimum absolute atomic E-state index is 0.181. The van der Waals surface area contributed by atoms with E-state index in [1.54, 1.807) is 18.9 Å². The van der Waals surface area contributed by atoms with Crippen LogP contribution in [0.25, 0.3) is 0 Å². The van der Waals surface area contributed by atoms with E-state index in [9.17, 15) is 4.79 Å². The summed E-state index contributed by atoms with van der Waals surface area (Å²) in [6.45, 7) is 2.07. The summed E-state index contributed by atoms with van der Waals surface area (Å²) in [4.78, 5) is 17.3. The molecule has 0 radical (unpaired) electrons. The number of aromatic nitrogens is 3. The lowest BCUT2D eigenvalue weighted by molar-refractivity contribution is -0.123. The molecule has 0 saturated carbocycles. The van der Waals surface area contributed by atoms with E-state index < -0.39 is 0 Å². The van der Waals surface area contributed by atoms with E-state index in [1.165, 1.54) is 0 Å². The molecule has 1 aliphatic carbocycles. The van der Waals surface area contributed by atoms with Crippen molar-refractivity contribution in [3.05, 3.63) is 41.6 Å². The number of fused-ring (bicyclic) bond motifs is 2. The molecule has 2 heterocycles. The van der Waals surface area contributed by atoms with Gasteiger partial charge in [0.2, 0.25) is 11.1 Å². The Morgan fingerprint density at radius 1 is 1.36 bits per heavy atom. The predicted molar refractivity (Wildman–Crippen MR) is 97.0 cm³/mol. The second-order valence-corrected chi connectivity index (χ2v) is 7.31. The molecule has 0 saturated heterocycles. The summed E-state index contributed by atoms with van der Waals surface area (Å²) in [5.74, 6) is 2.41. The van der Waals surface area contributed by atoms with E-state index >= 15 is 0 Å². The molecular formula is C18H20N4O2S. The minimum Gasteiger partial charge on any atom is -0.497 e. The van der Waals surface area contributed by atoms with Crippen LogP contribution in [0.1, 0.15) is 31.4 Å². The zero-order valence-electron chi connectivity index (χ0n) is 14.2. The summed E-state index contributed by atoms with van der Waals surface area (Å²) < 4.78 is 7.13. The van der Waals surface area contributed by atoms with Gasteiger partial charge < -0.3 is 10.1 Å². The Morgan fingerprint density at radius 3 is 2.88 bits per heavy atom. The third kappa shape index (κ3) is 2.82. The number of allylic oxidation sites excluding steroid dienone is 2. The first-order valence-electron chi connectivity index (χ1n) is 8.44. The normalized spacial score (nSPS) is 21.8. The Labute approximate surface area is 150 Å². The van der Waals surface area contributed by atoms with Crippen LogP contribution in [0.3, 0.4) is 0 Å². The fourth-order valence-electron chi connectivity index (χ4n) is 3.48. The largest absolute Gasteiger partial charge is 0.497 e. The number of carbonyl (C=O) groups is 1. The summed E-state index contributed by atoms with van der Waals surface area (Å²) in [5.41, 5.74) is 1.98. The van der Waals surface area contributed by atoms with Gasteiger partial charge in [-0.05, 0) is 29.9 Å². The molecule has 6 nitrogen and oxygen atoms in total. The summed E-state index contributed by atoms with van der Waals surface area (Å²) in [6, 6.07) is 7.68. The first-order valence-corrected chi connectivity index (χ1v) is 9.43. The molecule has 1 aromatic carbocycles. The number of carbonyl (C=O) groups excluding carboxylic acids is 1. The second-order valence-electron chi connectivity index (χ2n) is 6.08. The van der Waals surface area contributed by atoms with Crippen LogP contribution in [-0.2, 0) is 4.79 Å². The average Bonchev–Trinajstić information content (AvgIpc) is 3.02. The maximum atomic E-state index is 12.7. The van der Waals surface area contributed by atoms with Crippen molar-refractivity contribution in [2.75, 3.05) is 18.2 Å². The van der Waals surface area contributed by atoms with Gasteiger partial charge in [-0.15, -0.1) is 5.10 Å². The van der Waals surface area contributed by atoms with Crippen LogP contribution in [0.15, 0.2) is 41.2 Å². The number of rotatable bonds is 4. The first-order chi connectivity index (χ1) is 12.2. The highest BCUT2D eigenvalue weighted by atomic mass is 32.2. The molecule has 0 fully saturated rings. The molecule has 130 valence electrons. The second kappa shape index (κ2) is 6.55. The molecule has 4 rings (SSSR count). The van der Waals surface area contributed by atoms with Crippen LogP contribution >= 0.6 is 11.8 Å². The van der Waals surface area contributed by atoms with E-state index in [2.05, 4.69) is 28.4 Å². The highest BCUT2D eigenvalue weighted by Crippen LogP contribution is 2.42. The van der Waals surface area contributed by atoms with Gasteiger partial charge in [-0.3, -0.25) is 4.79 Å². The molecule has 0 unspecified atom stereocenters. The third-order valence-electron chi connectivity index (χ3n) is 4.61. The number of benzene rings is 1. The smallest absolute Gasteiger partial charge is 0.227 e. The molecule has 7 heteroatoms. The number of ether oxygens (including phenoxy) is 1. The van der Waals surface area contributed by atoms with E-state index in [0.29, 0.717) is 12.4 Å². The van der Waals surface area contributed by atoms with Crippen molar-refractivity contribution in [3.8, 4) is 5.75 Å². The van der Waals surface area contributed by atoms with Crippen LogP contribution in [0.5, 0.6) is 5.75 Å². The molecule has 0 spiro atoms. The van der Waals surface area contributed by atoms with Gasteiger partial charge in [0, 0.05) is 12.1 Å². The first kappa shape index (κ1) is 16.2. The Kier molecular flexibility index (Phi) is 4.25. The fraction of sp³-hybridized carbons (Fsp3) is 0.389. The zero-order valence-corrected chi connectivity index (χ0v) is 15.0. The maximum Gasteiger partial charge on any atom is 0.227 e. The number of nitrogens with zero attached hydrogens (tertiary/aromatic N) is 3. The number of hydrogen-bond acceptors (Lipinski definition) is 6. The summed E-state index contributed by atoms with van der Waals surface area (Å²) >= 11 is 1.60. The van der Waals surface area contributed by atoms with Crippen molar-refractivity contribution in [2.45, 2.75) is 31.0 Å². The van der Waals surface area contributed by atoms with Gasteiger partial charge in [0.25, 0.3) is 0 Å². The van der Waals surface area contributed by atoms with Gasteiger partial charge in [-0.25, -0.2) is 4.68 Å². The molecule has 0 bridgehead atoms. The molecular weight excluding hydrogens is 336 g/mol. The molecule has 25 heavy (non-hydrogen) atoms. The quantitative estimate of drug-likeness (QED) is 0.848. The topological polar surface area (TPSA) is 69.0 Å². The Hall–Kier alpha value is -2.28. The van der Waals surface area contributed by atoms with Gasteiger partial charge in [-0.1, -0.05) is 36.9 Å². The molecule has 1 aromatic heterocycles. The standard InChI is InChI=1S/C18H20N4O2S/c1-3-25-18-20-17-19-13-5-4-6-14(23)15(13)16(22(17)21-18)11-7-9-12(24-2)10-8-11/h5,7-10,15-16H,3-4,6H2,1-2H3,(H,19,20,21)/t15-,16-/m1/s1. The van der Waals surface area contributed by atoms with Crippen molar-refractivity contribution in [1.29, 1.82) is 0 Å². The molecule has 2 aliphatic rings. The van der Waals surface area contributed by atoms with Gasteiger partial charge >= 0.3 is 0 Å². The lowest BCUT2D eigenvalue weighted by Crippen LogP contribution is -2.38. The van der Waals surface area contributed by atoms with Crippen molar-refractivity contribution < 1.29 is 9.53 Å². The average molecular weight is 356 g/mol. The van der Waals surface area contributed by atoms with Crippen LogP contribution in [0, 0.1) is 5.92 Å². The van der Waals surface area contributed by atoms with Crippen LogP contribution in [-0.4, -0.2) is 33.4 Å². The SMILES string of the molecule is CCSc1nc2n(n1)[C@H](c1ccc(OC)cc1)[C@H]1C(=O)CCC=C1N2. The van der Waals surface area contributed by atoms with E-state index in [1.807, 2.05) is 28.9 Å². The molecule has 2 aromatic rings. The summed E-state index contributed by atoms with van der Waals surface area (Å²) in [7, 11) is 1.65. The monoisotopic (exact) mass is 356 g/mol. The van der Waals surface area contributed by atoms with Gasteiger partial charge in [0.1, 0.15) is 11.5 Å². The van der Waals surface area contributed by atoms with Crippen molar-refractivity contribution in [1.82, 2.24) is 14.8 Å². The zero-order chi connectivity index (χ0) is 17.4. The number of anilines is 1. The number of ketones is 1. The van der Waals surface area contributed by atoms with Gasteiger partial charge in [0.15, 0.2) is 0 Å². The lowest BCUT2D eigenvalue weighted by Gasteiger charge is -2.36. The van der Waals surface area contributed by atoms with E-state index in [-0.39, 0.29) is 17.7 Å². The molecule has 1 aliphatic heterocycles. The van der Waals surface area contributed by atoms with E-state index in [4.69, 9.17) is 4.74 Å². The van der Waals surface area contributed by atoms with E-state index in [0.717, 1.165) is 34.3 Å². The number of hydrogen-bond donors (Lipinski definition) is 1. The van der Waals surface area contributed by atoms with Gasteiger partial charge in [0.05, 0.1) is 19.1 Å². The Balaban J connectivity index is 1.83. The molecule has 0 amide bonds. The maximum absolute atomic E-state index is 12.7. The Bertz CT molecular complexity index is 828. The third-order valence-corrected chi connectivity index (χ3v) is 5.33. The van der Waals surface area contributed by atoms with Crippen LogP contribution in [0.4, 0.5) is 5.95 Å². The van der Waals surface area contributed by atoms with Crippen molar-refractivity contribution in [2.24, 2.45) is 5.92 Å². The number of Topliss-reactive ketones (excluding diaryl/α,β-unsaturated/α-hetero) is 1. The van der Waals surface area contributed by atoms with Crippen LogP contribution < -0.4 is 10.1 Å². The fourth-order valence-corrected chi connectivity index (χ4v) is 4.03. The number of thioether (sulfide) groups is 1. The highest BCUT2D eigenvalue weighted by molar-refractivity contribution is 7.99. The minimum atomic E-state index is -0.240. The van der Waals surface area contributed by atoms with Crippen molar-refractivity contribution in [3.63, 3.8) is 0 Å². The Morgan fingerprint density at radius 2 is 2.16 bits per heavy atom. The van der Waals surface area contributed by atoms with Gasteiger partial charge in [-0.2, -0.15) is 4.98 Å².